The minimum absolute atomic E-state index is 0.0143. The van der Waals surface area contributed by atoms with Gasteiger partial charge in [-0.05, 0) is 56.3 Å². The first-order chi connectivity index (χ1) is 11.5. The van der Waals surface area contributed by atoms with E-state index in [0.717, 1.165) is 45.2 Å². The third-order valence-corrected chi connectivity index (χ3v) is 5.47. The summed E-state index contributed by atoms with van der Waals surface area (Å²) in [6.45, 7) is 6.36. The number of aryl methyl sites for hydroxylation is 1. The van der Waals surface area contributed by atoms with E-state index in [2.05, 4.69) is 42.7 Å². The van der Waals surface area contributed by atoms with Crippen LogP contribution < -0.4 is 10.6 Å². The molecule has 1 saturated heterocycles. The van der Waals surface area contributed by atoms with Crippen LogP contribution in [0.1, 0.15) is 48.8 Å². The summed E-state index contributed by atoms with van der Waals surface area (Å²) in [5.41, 5.74) is 3.34. The molecule has 0 atom stereocenters. The Kier molecular flexibility index (Phi) is 4.90. The number of benzene rings is 1. The van der Waals surface area contributed by atoms with Gasteiger partial charge in [-0.25, -0.2) is 4.79 Å². The van der Waals surface area contributed by atoms with E-state index < -0.39 is 5.54 Å². The lowest BCUT2D eigenvalue weighted by Gasteiger charge is -2.20. The molecule has 1 aromatic rings. The van der Waals surface area contributed by atoms with Crippen LogP contribution in [0.5, 0.6) is 0 Å². The number of urea groups is 1. The fourth-order valence-corrected chi connectivity index (χ4v) is 3.79. The van der Waals surface area contributed by atoms with Gasteiger partial charge in [0.15, 0.2) is 0 Å². The van der Waals surface area contributed by atoms with Crippen molar-refractivity contribution < 1.29 is 9.59 Å². The van der Waals surface area contributed by atoms with Crippen LogP contribution in [-0.4, -0.2) is 35.5 Å². The molecule has 1 heterocycles. The van der Waals surface area contributed by atoms with Crippen LogP contribution in [-0.2, 0) is 11.3 Å². The summed E-state index contributed by atoms with van der Waals surface area (Å²) in [7, 11) is 0. The fraction of sp³-hybridized carbons (Fsp3) is 0.579. The molecule has 0 aromatic heterocycles. The van der Waals surface area contributed by atoms with E-state index in [1.54, 1.807) is 0 Å². The van der Waals surface area contributed by atoms with Crippen molar-refractivity contribution in [3.05, 3.63) is 34.9 Å². The van der Waals surface area contributed by atoms with Gasteiger partial charge >= 0.3 is 6.03 Å². The molecule has 130 valence electrons. The predicted octanol–water partition coefficient (Wildman–Crippen LogP) is 2.65. The molecule has 0 radical (unpaired) electrons. The Morgan fingerprint density at radius 2 is 1.96 bits per heavy atom. The van der Waals surface area contributed by atoms with Crippen LogP contribution in [0.3, 0.4) is 0 Å². The Morgan fingerprint density at radius 1 is 1.21 bits per heavy atom. The molecule has 1 spiro atoms. The van der Waals surface area contributed by atoms with E-state index in [4.69, 9.17) is 0 Å². The van der Waals surface area contributed by atoms with Crippen molar-refractivity contribution in [1.29, 1.82) is 0 Å². The molecule has 5 nitrogen and oxygen atoms in total. The van der Waals surface area contributed by atoms with Gasteiger partial charge in [0, 0.05) is 13.1 Å². The molecule has 2 N–H and O–H groups in total. The van der Waals surface area contributed by atoms with E-state index in [1.165, 1.54) is 21.6 Å². The summed E-state index contributed by atoms with van der Waals surface area (Å²) in [6, 6.07) is 6.12. The van der Waals surface area contributed by atoms with Gasteiger partial charge < -0.3 is 10.6 Å². The molecule has 3 rings (SSSR count). The zero-order valence-corrected chi connectivity index (χ0v) is 14.7. The number of rotatable bonds is 6. The lowest BCUT2D eigenvalue weighted by atomic mass is 9.98. The first-order valence-electron chi connectivity index (χ1n) is 8.93. The van der Waals surface area contributed by atoms with Crippen LogP contribution in [0.2, 0.25) is 0 Å². The zero-order chi connectivity index (χ0) is 17.2. The first-order valence-corrected chi connectivity index (χ1v) is 8.93. The van der Waals surface area contributed by atoms with Crippen molar-refractivity contribution in [2.24, 2.45) is 0 Å². The van der Waals surface area contributed by atoms with Gasteiger partial charge in [0.25, 0.3) is 5.91 Å². The highest BCUT2D eigenvalue weighted by Gasteiger charge is 2.51. The number of nitrogens with one attached hydrogen (secondary N) is 2. The summed E-state index contributed by atoms with van der Waals surface area (Å²) < 4.78 is 0. The van der Waals surface area contributed by atoms with Crippen LogP contribution in [0.25, 0.3) is 0 Å². The molecule has 0 unspecified atom stereocenters. The molecular weight excluding hydrogens is 302 g/mol. The standard InChI is InChI=1S/C19H27N3O2/c1-14-7-5-8-16(15(14)2)13-20-11-6-12-22-17(23)19(21-18(22)24)9-3-4-10-19/h5,7-8,20H,3-4,6,9-13H2,1-2H3,(H,21,24). The molecule has 24 heavy (non-hydrogen) atoms. The Hall–Kier alpha value is -1.88. The number of carbonyl (C=O) groups excluding carboxylic acids is 2. The molecule has 2 aliphatic rings. The largest absolute Gasteiger partial charge is 0.325 e. The number of imide groups is 1. The average molecular weight is 329 g/mol. The second kappa shape index (κ2) is 6.93. The minimum atomic E-state index is -0.580. The third kappa shape index (κ3) is 3.18. The third-order valence-electron chi connectivity index (χ3n) is 5.47. The number of carbonyl (C=O) groups is 2. The van der Waals surface area contributed by atoms with Crippen molar-refractivity contribution in [2.45, 2.75) is 58.0 Å². The van der Waals surface area contributed by atoms with Crippen molar-refractivity contribution in [3.63, 3.8) is 0 Å². The molecule has 1 aliphatic carbocycles. The number of hydrogen-bond donors (Lipinski definition) is 2. The number of hydrogen-bond acceptors (Lipinski definition) is 3. The second-order valence-corrected chi connectivity index (χ2v) is 7.07. The maximum absolute atomic E-state index is 12.5. The lowest BCUT2D eigenvalue weighted by molar-refractivity contribution is -0.131. The molecule has 1 aromatic carbocycles. The van der Waals surface area contributed by atoms with E-state index >= 15 is 0 Å². The molecule has 3 amide bonds. The quantitative estimate of drug-likeness (QED) is 0.623. The smallest absolute Gasteiger partial charge is 0.323 e. The van der Waals surface area contributed by atoms with Gasteiger partial charge in [-0.1, -0.05) is 31.0 Å². The van der Waals surface area contributed by atoms with Gasteiger partial charge in [0.1, 0.15) is 5.54 Å². The maximum Gasteiger partial charge on any atom is 0.325 e. The van der Waals surface area contributed by atoms with Gasteiger partial charge in [0.05, 0.1) is 0 Å². The molecule has 5 heteroatoms. The molecule has 1 aliphatic heterocycles. The summed E-state index contributed by atoms with van der Waals surface area (Å²) >= 11 is 0. The van der Waals surface area contributed by atoms with E-state index in [9.17, 15) is 9.59 Å². The number of nitrogens with zero attached hydrogens (tertiary/aromatic N) is 1. The lowest BCUT2D eigenvalue weighted by Crippen LogP contribution is -2.44. The van der Waals surface area contributed by atoms with E-state index in [1.807, 2.05) is 0 Å². The van der Waals surface area contributed by atoms with Crippen LogP contribution in [0, 0.1) is 13.8 Å². The predicted molar refractivity (Wildman–Crippen MR) is 93.7 cm³/mol. The van der Waals surface area contributed by atoms with Crippen LogP contribution in [0.15, 0.2) is 18.2 Å². The molecule has 0 bridgehead atoms. The van der Waals surface area contributed by atoms with Gasteiger partial charge in [0.2, 0.25) is 0 Å². The average Bonchev–Trinajstić information content (AvgIpc) is 3.11. The van der Waals surface area contributed by atoms with Crippen molar-refractivity contribution in [2.75, 3.05) is 13.1 Å². The first kappa shape index (κ1) is 17.0. The highest BCUT2D eigenvalue weighted by Crippen LogP contribution is 2.34. The Bertz CT molecular complexity index is 635. The minimum Gasteiger partial charge on any atom is -0.323 e. The Morgan fingerprint density at radius 3 is 2.71 bits per heavy atom. The summed E-state index contributed by atoms with van der Waals surface area (Å²) in [5, 5.41) is 6.34. The number of amides is 3. The summed E-state index contributed by atoms with van der Waals surface area (Å²) in [4.78, 5) is 26.0. The normalized spacial score (nSPS) is 19.3. The van der Waals surface area contributed by atoms with E-state index in [-0.39, 0.29) is 11.9 Å². The Balaban J connectivity index is 1.44. The van der Waals surface area contributed by atoms with Crippen molar-refractivity contribution in [3.8, 4) is 0 Å². The van der Waals surface area contributed by atoms with Crippen molar-refractivity contribution in [1.82, 2.24) is 15.5 Å². The summed E-state index contributed by atoms with van der Waals surface area (Å²) in [5.74, 6) is -0.0143. The monoisotopic (exact) mass is 329 g/mol. The van der Waals surface area contributed by atoms with Crippen LogP contribution >= 0.6 is 0 Å². The van der Waals surface area contributed by atoms with Gasteiger partial charge in [-0.3, -0.25) is 9.69 Å². The van der Waals surface area contributed by atoms with Crippen LogP contribution in [0.4, 0.5) is 4.79 Å². The van der Waals surface area contributed by atoms with E-state index in [0.29, 0.717) is 6.54 Å². The molecule has 1 saturated carbocycles. The maximum atomic E-state index is 12.5. The topological polar surface area (TPSA) is 61.4 Å². The second-order valence-electron chi connectivity index (χ2n) is 7.07. The molecule has 2 fully saturated rings. The zero-order valence-electron chi connectivity index (χ0n) is 14.7. The fourth-order valence-electron chi connectivity index (χ4n) is 3.79. The highest BCUT2D eigenvalue weighted by molar-refractivity contribution is 6.07. The summed E-state index contributed by atoms with van der Waals surface area (Å²) in [6.07, 6.45) is 4.41. The SMILES string of the molecule is Cc1cccc(CNCCCN2C(=O)NC3(CCCC3)C2=O)c1C. The highest BCUT2D eigenvalue weighted by atomic mass is 16.2. The van der Waals surface area contributed by atoms with Gasteiger partial charge in [-0.15, -0.1) is 0 Å². The Labute approximate surface area is 143 Å². The molecular formula is C19H27N3O2. The van der Waals surface area contributed by atoms with Gasteiger partial charge in [-0.2, -0.15) is 0 Å². The van der Waals surface area contributed by atoms with Crippen molar-refractivity contribution >= 4 is 11.9 Å².